The first kappa shape index (κ1) is 11.2. The topological polar surface area (TPSA) is 41.1 Å². The van der Waals surface area contributed by atoms with Gasteiger partial charge in [-0.15, -0.1) is 11.3 Å². The van der Waals surface area contributed by atoms with E-state index in [1.807, 2.05) is 11.3 Å². The first-order chi connectivity index (χ1) is 8.31. The van der Waals surface area contributed by atoms with E-state index in [2.05, 4.69) is 16.7 Å². The molecule has 1 fully saturated rings. The van der Waals surface area contributed by atoms with E-state index >= 15 is 0 Å². The number of hydrogen-bond donors (Lipinski definition) is 2. The van der Waals surface area contributed by atoms with Crippen molar-refractivity contribution in [2.75, 3.05) is 6.54 Å². The van der Waals surface area contributed by atoms with Gasteiger partial charge in [-0.1, -0.05) is 0 Å². The molecule has 17 heavy (non-hydrogen) atoms. The molecule has 0 saturated heterocycles. The molecule has 0 aromatic carbocycles. The van der Waals surface area contributed by atoms with Gasteiger partial charge in [0.1, 0.15) is 0 Å². The molecular formula is C13H18N2OS. The molecule has 1 amide bonds. The van der Waals surface area contributed by atoms with Crippen LogP contribution in [-0.4, -0.2) is 18.5 Å². The van der Waals surface area contributed by atoms with Gasteiger partial charge in [-0.25, -0.2) is 0 Å². The highest BCUT2D eigenvalue weighted by molar-refractivity contribution is 7.12. The third-order valence-corrected chi connectivity index (χ3v) is 4.62. The van der Waals surface area contributed by atoms with Gasteiger partial charge in [-0.05, 0) is 43.7 Å². The second kappa shape index (κ2) is 4.78. The summed E-state index contributed by atoms with van der Waals surface area (Å²) in [4.78, 5) is 14.4. The zero-order chi connectivity index (χ0) is 11.7. The first-order valence-corrected chi connectivity index (χ1v) is 7.23. The molecule has 3 nitrogen and oxygen atoms in total. The van der Waals surface area contributed by atoms with E-state index < -0.39 is 0 Å². The van der Waals surface area contributed by atoms with Gasteiger partial charge in [0, 0.05) is 15.8 Å². The molecule has 0 bridgehead atoms. The van der Waals surface area contributed by atoms with Crippen LogP contribution >= 0.6 is 11.3 Å². The molecule has 0 aliphatic heterocycles. The van der Waals surface area contributed by atoms with Gasteiger partial charge in [0.2, 0.25) is 5.91 Å². The Kier molecular flexibility index (Phi) is 3.16. The second-order valence-corrected chi connectivity index (χ2v) is 6.17. The van der Waals surface area contributed by atoms with Gasteiger partial charge in [0.25, 0.3) is 0 Å². The molecule has 2 aliphatic rings. The Labute approximate surface area is 106 Å². The number of thiophene rings is 1. The van der Waals surface area contributed by atoms with Gasteiger partial charge in [0.05, 0.1) is 13.1 Å². The van der Waals surface area contributed by atoms with Crippen LogP contribution in [0.1, 0.15) is 34.6 Å². The van der Waals surface area contributed by atoms with Crippen molar-refractivity contribution in [2.45, 2.75) is 44.7 Å². The molecule has 1 aromatic heterocycles. The van der Waals surface area contributed by atoms with Crippen LogP contribution in [0.2, 0.25) is 0 Å². The van der Waals surface area contributed by atoms with E-state index in [4.69, 9.17) is 0 Å². The summed E-state index contributed by atoms with van der Waals surface area (Å²) in [6.45, 7) is 1.17. The van der Waals surface area contributed by atoms with Crippen molar-refractivity contribution in [3.05, 3.63) is 21.4 Å². The van der Waals surface area contributed by atoms with Crippen molar-refractivity contribution in [3.8, 4) is 0 Å². The lowest BCUT2D eigenvalue weighted by Gasteiger charge is -2.04. The number of amides is 1. The molecule has 2 N–H and O–H groups in total. The average Bonchev–Trinajstić information content (AvgIpc) is 2.91. The van der Waals surface area contributed by atoms with Crippen molar-refractivity contribution in [2.24, 2.45) is 0 Å². The molecule has 0 atom stereocenters. The summed E-state index contributed by atoms with van der Waals surface area (Å²) < 4.78 is 0. The Balaban J connectivity index is 1.44. The Morgan fingerprint density at radius 3 is 3.06 bits per heavy atom. The zero-order valence-corrected chi connectivity index (χ0v) is 10.7. The fourth-order valence-electron chi connectivity index (χ4n) is 2.25. The lowest BCUT2D eigenvalue weighted by atomic mass is 10.2. The molecule has 1 saturated carbocycles. The third-order valence-electron chi connectivity index (χ3n) is 3.39. The number of nitrogens with one attached hydrogen (secondary N) is 2. The second-order valence-electron chi connectivity index (χ2n) is 4.95. The zero-order valence-electron chi connectivity index (χ0n) is 9.92. The third kappa shape index (κ3) is 2.87. The summed E-state index contributed by atoms with van der Waals surface area (Å²) in [7, 11) is 0. The van der Waals surface area contributed by atoms with Crippen LogP contribution in [0.15, 0.2) is 6.07 Å². The molecule has 0 unspecified atom stereocenters. The maximum Gasteiger partial charge on any atom is 0.234 e. The molecule has 3 rings (SSSR count). The molecule has 4 heteroatoms. The highest BCUT2D eigenvalue weighted by Crippen LogP contribution is 2.30. The first-order valence-electron chi connectivity index (χ1n) is 6.42. The lowest BCUT2D eigenvalue weighted by Crippen LogP contribution is -2.34. The Morgan fingerprint density at radius 2 is 2.29 bits per heavy atom. The fourth-order valence-corrected chi connectivity index (χ4v) is 3.45. The minimum absolute atomic E-state index is 0.116. The van der Waals surface area contributed by atoms with Crippen LogP contribution < -0.4 is 10.6 Å². The predicted molar refractivity (Wildman–Crippen MR) is 69.2 cm³/mol. The van der Waals surface area contributed by atoms with Gasteiger partial charge in [-0.2, -0.15) is 0 Å². The van der Waals surface area contributed by atoms with Crippen LogP contribution in [0.25, 0.3) is 0 Å². The van der Waals surface area contributed by atoms with Crippen molar-refractivity contribution >= 4 is 17.2 Å². The van der Waals surface area contributed by atoms with E-state index in [1.165, 1.54) is 47.4 Å². The summed E-state index contributed by atoms with van der Waals surface area (Å²) in [5, 5.41) is 6.20. The summed E-state index contributed by atoms with van der Waals surface area (Å²) in [5.41, 5.74) is 1.51. The fraction of sp³-hybridized carbons (Fsp3) is 0.615. The van der Waals surface area contributed by atoms with E-state index in [0.29, 0.717) is 19.1 Å². The van der Waals surface area contributed by atoms with E-state index in [1.54, 1.807) is 0 Å². The van der Waals surface area contributed by atoms with Gasteiger partial charge in [-0.3, -0.25) is 4.79 Å². The molecule has 1 aromatic rings. The van der Waals surface area contributed by atoms with Crippen LogP contribution in [0.5, 0.6) is 0 Å². The minimum Gasteiger partial charge on any atom is -0.350 e. The number of fused-ring (bicyclic) bond motifs is 1. The Bertz CT molecular complexity index is 402. The summed E-state index contributed by atoms with van der Waals surface area (Å²) >= 11 is 1.87. The van der Waals surface area contributed by atoms with Crippen molar-refractivity contribution in [1.82, 2.24) is 10.6 Å². The highest BCUT2D eigenvalue weighted by atomic mass is 32.1. The SMILES string of the molecule is O=C(CNC1CC1)NCc1cc2c(s1)CCC2. The van der Waals surface area contributed by atoms with Crippen molar-refractivity contribution < 1.29 is 4.79 Å². The van der Waals surface area contributed by atoms with Crippen LogP contribution in [0, 0.1) is 0 Å². The molecular weight excluding hydrogens is 232 g/mol. The van der Waals surface area contributed by atoms with Crippen LogP contribution in [-0.2, 0) is 24.2 Å². The molecule has 0 radical (unpaired) electrons. The Hall–Kier alpha value is -0.870. The Morgan fingerprint density at radius 1 is 1.41 bits per heavy atom. The summed E-state index contributed by atoms with van der Waals surface area (Å²) in [6, 6.07) is 2.87. The average molecular weight is 250 g/mol. The lowest BCUT2D eigenvalue weighted by molar-refractivity contribution is -0.120. The number of rotatable bonds is 5. The molecule has 1 heterocycles. The predicted octanol–water partition coefficient (Wildman–Crippen LogP) is 1.60. The summed E-state index contributed by atoms with van der Waals surface area (Å²) in [5.74, 6) is 0.116. The highest BCUT2D eigenvalue weighted by Gasteiger charge is 2.21. The number of carbonyl (C=O) groups excluding carboxylic acids is 1. The maximum absolute atomic E-state index is 11.6. The van der Waals surface area contributed by atoms with Crippen LogP contribution in [0.4, 0.5) is 0 Å². The maximum atomic E-state index is 11.6. The summed E-state index contributed by atoms with van der Waals surface area (Å²) in [6.07, 6.45) is 6.22. The molecule has 92 valence electrons. The number of aryl methyl sites for hydroxylation is 2. The van der Waals surface area contributed by atoms with Crippen molar-refractivity contribution in [3.63, 3.8) is 0 Å². The van der Waals surface area contributed by atoms with Gasteiger partial charge in [0.15, 0.2) is 0 Å². The monoisotopic (exact) mass is 250 g/mol. The van der Waals surface area contributed by atoms with Gasteiger partial charge < -0.3 is 10.6 Å². The quantitative estimate of drug-likeness (QED) is 0.833. The smallest absolute Gasteiger partial charge is 0.234 e. The van der Waals surface area contributed by atoms with E-state index in [9.17, 15) is 4.79 Å². The normalized spacial score (nSPS) is 18.1. The standard InChI is InChI=1S/C13H18N2OS/c16-13(8-14-10-4-5-10)15-7-11-6-9-2-1-3-12(9)17-11/h6,10,14H,1-5,7-8H2,(H,15,16). The largest absolute Gasteiger partial charge is 0.350 e. The van der Waals surface area contributed by atoms with Gasteiger partial charge >= 0.3 is 0 Å². The van der Waals surface area contributed by atoms with Crippen molar-refractivity contribution in [1.29, 1.82) is 0 Å². The number of carbonyl (C=O) groups is 1. The minimum atomic E-state index is 0.116. The van der Waals surface area contributed by atoms with E-state index in [-0.39, 0.29) is 5.91 Å². The number of hydrogen-bond acceptors (Lipinski definition) is 3. The molecule has 2 aliphatic carbocycles. The molecule has 0 spiro atoms. The van der Waals surface area contributed by atoms with E-state index in [0.717, 1.165) is 0 Å². The van der Waals surface area contributed by atoms with Crippen LogP contribution in [0.3, 0.4) is 0 Å².